The Morgan fingerprint density at radius 1 is 1.00 bits per heavy atom. The fourth-order valence-corrected chi connectivity index (χ4v) is 4.12. The molecular formula is C25H29N3O. The third-order valence-corrected chi connectivity index (χ3v) is 5.73. The lowest BCUT2D eigenvalue weighted by atomic mass is 10.0. The summed E-state index contributed by atoms with van der Waals surface area (Å²) in [6.07, 6.45) is 4.41. The topological polar surface area (TPSA) is 39.3 Å². The van der Waals surface area contributed by atoms with Gasteiger partial charge in [0.15, 0.2) is 5.78 Å². The van der Waals surface area contributed by atoms with Crippen LogP contribution in [0.1, 0.15) is 27.2 Å². The Morgan fingerprint density at radius 2 is 1.72 bits per heavy atom. The second kappa shape index (κ2) is 8.76. The van der Waals surface area contributed by atoms with Gasteiger partial charge in [-0.1, -0.05) is 54.6 Å². The zero-order valence-corrected chi connectivity index (χ0v) is 17.3. The highest BCUT2D eigenvalue weighted by molar-refractivity contribution is 6.10. The van der Waals surface area contributed by atoms with Crippen LogP contribution < -0.4 is 0 Å². The van der Waals surface area contributed by atoms with E-state index in [1.807, 2.05) is 13.0 Å². The molecule has 0 radical (unpaired) electrons. The summed E-state index contributed by atoms with van der Waals surface area (Å²) in [6.45, 7) is 9.39. The number of aromatic nitrogens is 1. The fraction of sp³-hybridized carbons (Fsp3) is 0.320. The van der Waals surface area contributed by atoms with Gasteiger partial charge in [-0.05, 0) is 31.0 Å². The van der Waals surface area contributed by atoms with Crippen molar-refractivity contribution in [3.05, 3.63) is 77.0 Å². The van der Waals surface area contributed by atoms with Gasteiger partial charge < -0.3 is 4.98 Å². The van der Waals surface area contributed by atoms with Crippen molar-refractivity contribution < 1.29 is 4.79 Å². The van der Waals surface area contributed by atoms with Crippen LogP contribution in [0.5, 0.6) is 0 Å². The maximum atomic E-state index is 13.0. The van der Waals surface area contributed by atoms with Gasteiger partial charge >= 0.3 is 0 Å². The molecule has 4 rings (SSSR count). The molecule has 4 nitrogen and oxygen atoms in total. The van der Waals surface area contributed by atoms with E-state index in [1.54, 1.807) is 0 Å². The Hall–Kier alpha value is -2.69. The van der Waals surface area contributed by atoms with Gasteiger partial charge in [-0.15, -0.1) is 0 Å². The van der Waals surface area contributed by atoms with E-state index in [9.17, 15) is 4.79 Å². The molecule has 4 heteroatoms. The first-order valence-corrected chi connectivity index (χ1v) is 10.4. The smallest absolute Gasteiger partial charge is 0.179 e. The van der Waals surface area contributed by atoms with Crippen molar-refractivity contribution >= 4 is 22.8 Å². The lowest BCUT2D eigenvalue weighted by Gasteiger charge is -2.33. The predicted octanol–water partition coefficient (Wildman–Crippen LogP) is 4.30. The monoisotopic (exact) mass is 387 g/mol. The number of carbonyl (C=O) groups is 1. The van der Waals surface area contributed by atoms with Crippen LogP contribution in [0.4, 0.5) is 0 Å². The lowest BCUT2D eigenvalue weighted by Crippen LogP contribution is -2.47. The molecule has 2 heterocycles. The molecule has 1 saturated heterocycles. The summed E-state index contributed by atoms with van der Waals surface area (Å²) in [7, 11) is 0. The molecule has 2 aromatic carbocycles. The molecule has 0 saturated carbocycles. The normalized spacial score (nSPS) is 16.1. The maximum Gasteiger partial charge on any atom is 0.179 e. The number of Topliss-reactive ketones (excluding diaryl/α,β-unsaturated/α-hetero) is 1. The predicted molar refractivity (Wildman–Crippen MR) is 120 cm³/mol. The summed E-state index contributed by atoms with van der Waals surface area (Å²) in [4.78, 5) is 21.1. The van der Waals surface area contributed by atoms with Crippen molar-refractivity contribution in [2.45, 2.75) is 13.8 Å². The number of ketones is 1. The van der Waals surface area contributed by atoms with E-state index in [0.717, 1.165) is 54.9 Å². The number of aromatic amines is 1. The Bertz CT molecular complexity index is 1010. The Balaban J connectivity index is 1.31. The van der Waals surface area contributed by atoms with Crippen LogP contribution >= 0.6 is 0 Å². The second-order valence-electron chi connectivity index (χ2n) is 7.99. The van der Waals surface area contributed by atoms with E-state index in [2.05, 4.69) is 76.3 Å². The standard InChI is InChI=1S/C25H29N3O/c1-19-10-11-22-23(17-19)26-20(2)25(22)24(29)18-28-15-13-27(14-16-28)12-6-9-21-7-4-3-5-8-21/h3-11,17,26H,12-16,18H2,1-2H3/b9-6+. The molecule has 1 aliphatic rings. The molecule has 29 heavy (non-hydrogen) atoms. The number of rotatable bonds is 6. The molecular weight excluding hydrogens is 358 g/mol. The van der Waals surface area contributed by atoms with Crippen LogP contribution in [0.2, 0.25) is 0 Å². The number of hydrogen-bond acceptors (Lipinski definition) is 3. The molecule has 0 atom stereocenters. The third kappa shape index (κ3) is 4.66. The van der Waals surface area contributed by atoms with Gasteiger partial charge in [0.25, 0.3) is 0 Å². The molecule has 1 N–H and O–H groups in total. The van der Waals surface area contributed by atoms with E-state index >= 15 is 0 Å². The van der Waals surface area contributed by atoms with Crippen LogP contribution in [0.15, 0.2) is 54.6 Å². The molecule has 1 aliphatic heterocycles. The van der Waals surface area contributed by atoms with Crippen molar-refractivity contribution in [2.75, 3.05) is 39.3 Å². The Morgan fingerprint density at radius 3 is 2.48 bits per heavy atom. The fourth-order valence-electron chi connectivity index (χ4n) is 4.12. The highest BCUT2D eigenvalue weighted by Gasteiger charge is 2.22. The van der Waals surface area contributed by atoms with Crippen LogP contribution in [-0.4, -0.2) is 59.8 Å². The van der Waals surface area contributed by atoms with Gasteiger partial charge in [-0.3, -0.25) is 14.6 Å². The first kappa shape index (κ1) is 19.6. The number of fused-ring (bicyclic) bond motifs is 1. The van der Waals surface area contributed by atoms with E-state index in [0.29, 0.717) is 6.54 Å². The minimum atomic E-state index is 0.218. The summed E-state index contributed by atoms with van der Waals surface area (Å²) in [5.74, 6) is 0.218. The second-order valence-corrected chi connectivity index (χ2v) is 7.99. The molecule has 0 amide bonds. The van der Waals surface area contributed by atoms with Crippen LogP contribution in [0.3, 0.4) is 0 Å². The molecule has 150 valence electrons. The molecule has 1 fully saturated rings. The minimum absolute atomic E-state index is 0.218. The van der Waals surface area contributed by atoms with Gasteiger partial charge in [0, 0.05) is 54.9 Å². The van der Waals surface area contributed by atoms with E-state index < -0.39 is 0 Å². The van der Waals surface area contributed by atoms with E-state index in [1.165, 1.54) is 11.1 Å². The zero-order chi connectivity index (χ0) is 20.2. The summed E-state index contributed by atoms with van der Waals surface area (Å²) in [5, 5.41) is 1.04. The van der Waals surface area contributed by atoms with Gasteiger partial charge in [0.2, 0.25) is 0 Å². The summed E-state index contributed by atoms with van der Waals surface area (Å²) in [6, 6.07) is 16.7. The van der Waals surface area contributed by atoms with Gasteiger partial charge in [0.05, 0.1) is 6.54 Å². The van der Waals surface area contributed by atoms with Gasteiger partial charge in [0.1, 0.15) is 0 Å². The van der Waals surface area contributed by atoms with Gasteiger partial charge in [-0.25, -0.2) is 0 Å². The van der Waals surface area contributed by atoms with Crippen LogP contribution in [0, 0.1) is 13.8 Å². The van der Waals surface area contributed by atoms with Gasteiger partial charge in [-0.2, -0.15) is 0 Å². The molecule has 0 spiro atoms. The number of nitrogens with one attached hydrogen (secondary N) is 1. The number of H-pyrrole nitrogens is 1. The van der Waals surface area contributed by atoms with Crippen molar-refractivity contribution in [1.29, 1.82) is 0 Å². The quantitative estimate of drug-likeness (QED) is 0.641. The Kier molecular flexibility index (Phi) is 5.93. The SMILES string of the molecule is Cc1ccc2c(C(=O)CN3CCN(C/C=C/c4ccccc4)CC3)c(C)[nH]c2c1. The first-order valence-electron chi connectivity index (χ1n) is 10.4. The molecule has 0 bridgehead atoms. The highest BCUT2D eigenvalue weighted by Crippen LogP contribution is 2.24. The molecule has 0 aliphatic carbocycles. The zero-order valence-electron chi connectivity index (χ0n) is 17.3. The lowest BCUT2D eigenvalue weighted by molar-refractivity contribution is 0.0866. The minimum Gasteiger partial charge on any atom is -0.358 e. The largest absolute Gasteiger partial charge is 0.358 e. The molecule has 1 aromatic heterocycles. The highest BCUT2D eigenvalue weighted by atomic mass is 16.1. The van der Waals surface area contributed by atoms with Crippen molar-refractivity contribution in [3.63, 3.8) is 0 Å². The average molecular weight is 388 g/mol. The molecule has 3 aromatic rings. The summed E-state index contributed by atoms with van der Waals surface area (Å²) < 4.78 is 0. The summed E-state index contributed by atoms with van der Waals surface area (Å²) in [5.41, 5.74) is 5.32. The number of hydrogen-bond donors (Lipinski definition) is 1. The number of piperazine rings is 1. The first-order chi connectivity index (χ1) is 14.1. The number of nitrogens with zero attached hydrogens (tertiary/aromatic N) is 2. The third-order valence-electron chi connectivity index (χ3n) is 5.73. The average Bonchev–Trinajstić information content (AvgIpc) is 3.05. The number of benzene rings is 2. The van der Waals surface area contributed by atoms with Crippen molar-refractivity contribution in [1.82, 2.24) is 14.8 Å². The van der Waals surface area contributed by atoms with Crippen molar-refractivity contribution in [2.24, 2.45) is 0 Å². The van der Waals surface area contributed by atoms with Crippen molar-refractivity contribution in [3.8, 4) is 0 Å². The Labute approximate surface area is 172 Å². The number of carbonyl (C=O) groups excluding carboxylic acids is 1. The maximum absolute atomic E-state index is 13.0. The number of aryl methyl sites for hydroxylation is 2. The summed E-state index contributed by atoms with van der Waals surface area (Å²) >= 11 is 0. The van der Waals surface area contributed by atoms with E-state index in [4.69, 9.17) is 0 Å². The van der Waals surface area contributed by atoms with E-state index in [-0.39, 0.29) is 5.78 Å². The van der Waals surface area contributed by atoms with Crippen LogP contribution in [-0.2, 0) is 0 Å². The molecule has 0 unspecified atom stereocenters. The van der Waals surface area contributed by atoms with Crippen LogP contribution in [0.25, 0.3) is 17.0 Å².